The summed E-state index contributed by atoms with van der Waals surface area (Å²) in [5, 5.41) is 6.02. The molecule has 0 fully saturated rings. The molecule has 0 aliphatic heterocycles. The molecule has 2 N–H and O–H groups in total. The second-order valence-corrected chi connectivity index (χ2v) is 5.53. The minimum atomic E-state index is -0.530. The molecule has 2 rings (SSSR count). The summed E-state index contributed by atoms with van der Waals surface area (Å²) in [7, 11) is 4.27. The minimum absolute atomic E-state index is 0.0589. The fourth-order valence-corrected chi connectivity index (χ4v) is 2.48. The lowest BCUT2D eigenvalue weighted by molar-refractivity contribution is -0.114. The summed E-state index contributed by atoms with van der Waals surface area (Å²) in [6.07, 6.45) is 0. The summed E-state index contributed by atoms with van der Waals surface area (Å²) in [5.41, 5.74) is 1.19. The fraction of sp³-hybridized carbons (Fsp3) is 0.222. The van der Waals surface area contributed by atoms with Crippen LogP contribution in [0.15, 0.2) is 36.4 Å². The number of ether oxygens (including phenoxy) is 3. The number of para-hydroxylation sites is 1. The fourth-order valence-electron chi connectivity index (χ4n) is 2.25. The van der Waals surface area contributed by atoms with Crippen molar-refractivity contribution < 1.29 is 23.8 Å². The Hall–Kier alpha value is -2.93. The number of methoxy groups -OCH3 is 3. The minimum Gasteiger partial charge on any atom is -0.495 e. The van der Waals surface area contributed by atoms with E-state index in [1.165, 1.54) is 21.3 Å². The standard InChI is InChI=1S/C18H19ClN2O5/c1-24-15-9-14(16(25-2)8-12(15)19)20-10-17(22)21-13-7-5-4-6-11(13)18(23)26-3/h4-9,20H,10H2,1-3H3,(H,21,22). The number of hydrogen-bond donors (Lipinski definition) is 2. The molecule has 2 aromatic rings. The van der Waals surface area contributed by atoms with Gasteiger partial charge in [-0.2, -0.15) is 0 Å². The molecule has 138 valence electrons. The van der Waals surface area contributed by atoms with E-state index >= 15 is 0 Å². The number of carbonyl (C=O) groups excluding carboxylic acids is 2. The van der Waals surface area contributed by atoms with Crippen LogP contribution in [0, 0.1) is 0 Å². The number of anilines is 2. The number of esters is 1. The highest BCUT2D eigenvalue weighted by Crippen LogP contribution is 2.35. The van der Waals surface area contributed by atoms with Gasteiger partial charge in [0.2, 0.25) is 5.91 Å². The highest BCUT2D eigenvalue weighted by molar-refractivity contribution is 6.32. The first kappa shape index (κ1) is 19.4. The molecule has 0 atom stereocenters. The molecule has 0 aliphatic carbocycles. The zero-order valence-electron chi connectivity index (χ0n) is 14.6. The Kier molecular flexibility index (Phi) is 6.68. The topological polar surface area (TPSA) is 85.9 Å². The molecule has 7 nitrogen and oxygen atoms in total. The number of nitrogens with one attached hydrogen (secondary N) is 2. The monoisotopic (exact) mass is 378 g/mol. The molecule has 26 heavy (non-hydrogen) atoms. The van der Waals surface area contributed by atoms with Gasteiger partial charge >= 0.3 is 5.97 Å². The molecule has 0 saturated heterocycles. The molecular formula is C18H19ClN2O5. The van der Waals surface area contributed by atoms with E-state index < -0.39 is 5.97 Å². The number of benzene rings is 2. The van der Waals surface area contributed by atoms with Gasteiger partial charge in [0.05, 0.1) is 49.8 Å². The first-order valence-electron chi connectivity index (χ1n) is 7.62. The lowest BCUT2D eigenvalue weighted by atomic mass is 10.2. The molecule has 0 unspecified atom stereocenters. The quantitative estimate of drug-likeness (QED) is 0.719. The number of rotatable bonds is 7. The van der Waals surface area contributed by atoms with Crippen LogP contribution in [0.1, 0.15) is 10.4 Å². The van der Waals surface area contributed by atoms with E-state index in [-0.39, 0.29) is 18.0 Å². The van der Waals surface area contributed by atoms with Gasteiger partial charge in [0.25, 0.3) is 0 Å². The molecule has 0 aliphatic rings. The summed E-state index contributed by atoms with van der Waals surface area (Å²) < 4.78 is 15.1. The van der Waals surface area contributed by atoms with Crippen molar-refractivity contribution in [3.63, 3.8) is 0 Å². The molecule has 8 heteroatoms. The molecular weight excluding hydrogens is 360 g/mol. The van der Waals surface area contributed by atoms with Crippen molar-refractivity contribution in [3.05, 3.63) is 47.0 Å². The van der Waals surface area contributed by atoms with Gasteiger partial charge in [-0.15, -0.1) is 0 Å². The summed E-state index contributed by atoms with van der Waals surface area (Å²) in [6.45, 7) is -0.0589. The Morgan fingerprint density at radius 1 is 1.00 bits per heavy atom. The van der Waals surface area contributed by atoms with E-state index in [4.69, 9.17) is 25.8 Å². The van der Waals surface area contributed by atoms with E-state index in [2.05, 4.69) is 10.6 Å². The maximum absolute atomic E-state index is 12.2. The highest BCUT2D eigenvalue weighted by atomic mass is 35.5. The molecule has 2 aromatic carbocycles. The van der Waals surface area contributed by atoms with Crippen molar-refractivity contribution in [2.24, 2.45) is 0 Å². The van der Waals surface area contributed by atoms with Gasteiger partial charge in [-0.3, -0.25) is 4.79 Å². The number of carbonyl (C=O) groups is 2. The van der Waals surface area contributed by atoms with Crippen LogP contribution in [0.5, 0.6) is 11.5 Å². The van der Waals surface area contributed by atoms with Gasteiger partial charge < -0.3 is 24.8 Å². The number of hydrogen-bond acceptors (Lipinski definition) is 6. The highest BCUT2D eigenvalue weighted by Gasteiger charge is 2.14. The lowest BCUT2D eigenvalue weighted by Gasteiger charge is -2.14. The van der Waals surface area contributed by atoms with Gasteiger partial charge in [-0.1, -0.05) is 23.7 Å². The Morgan fingerprint density at radius 3 is 2.35 bits per heavy atom. The van der Waals surface area contributed by atoms with Crippen LogP contribution in [-0.2, 0) is 9.53 Å². The van der Waals surface area contributed by atoms with Crippen LogP contribution in [0.3, 0.4) is 0 Å². The van der Waals surface area contributed by atoms with E-state index in [1.807, 2.05) is 0 Å². The van der Waals surface area contributed by atoms with Crippen LogP contribution >= 0.6 is 11.6 Å². The molecule has 0 heterocycles. The van der Waals surface area contributed by atoms with Crippen molar-refractivity contribution >= 4 is 34.9 Å². The second-order valence-electron chi connectivity index (χ2n) is 5.13. The van der Waals surface area contributed by atoms with Gasteiger partial charge in [0.15, 0.2) is 0 Å². The average Bonchev–Trinajstić information content (AvgIpc) is 2.66. The predicted molar refractivity (Wildman–Crippen MR) is 99.5 cm³/mol. The normalized spacial score (nSPS) is 10.0. The van der Waals surface area contributed by atoms with E-state index in [9.17, 15) is 9.59 Å². The van der Waals surface area contributed by atoms with Gasteiger partial charge in [-0.05, 0) is 12.1 Å². The summed E-state index contributed by atoms with van der Waals surface area (Å²) >= 11 is 6.06. The third-order valence-corrected chi connectivity index (χ3v) is 3.82. The molecule has 0 saturated carbocycles. The third-order valence-electron chi connectivity index (χ3n) is 3.52. The first-order valence-corrected chi connectivity index (χ1v) is 8.00. The zero-order chi connectivity index (χ0) is 19.1. The van der Waals surface area contributed by atoms with Crippen LogP contribution in [0.2, 0.25) is 5.02 Å². The maximum Gasteiger partial charge on any atom is 0.339 e. The number of halogens is 1. The molecule has 0 aromatic heterocycles. The Bertz CT molecular complexity index is 810. The van der Waals surface area contributed by atoms with Crippen molar-refractivity contribution in [3.8, 4) is 11.5 Å². The van der Waals surface area contributed by atoms with Crippen molar-refractivity contribution in [2.45, 2.75) is 0 Å². The second kappa shape index (κ2) is 8.96. The average molecular weight is 379 g/mol. The van der Waals surface area contributed by atoms with E-state index in [1.54, 1.807) is 36.4 Å². The SMILES string of the molecule is COC(=O)c1ccccc1NC(=O)CNc1cc(OC)c(Cl)cc1OC. The van der Waals surface area contributed by atoms with Gasteiger partial charge in [0.1, 0.15) is 11.5 Å². The predicted octanol–water partition coefficient (Wildman–Crippen LogP) is 3.19. The molecule has 0 spiro atoms. The molecule has 1 amide bonds. The lowest BCUT2D eigenvalue weighted by Crippen LogP contribution is -2.23. The number of amides is 1. The third kappa shape index (κ3) is 4.58. The van der Waals surface area contributed by atoms with Crippen LogP contribution in [0.25, 0.3) is 0 Å². The van der Waals surface area contributed by atoms with Crippen LogP contribution in [-0.4, -0.2) is 39.8 Å². The van der Waals surface area contributed by atoms with Crippen LogP contribution < -0.4 is 20.1 Å². The summed E-state index contributed by atoms with van der Waals surface area (Å²) in [4.78, 5) is 24.0. The summed E-state index contributed by atoms with van der Waals surface area (Å²) in [5.74, 6) is 0.0419. The molecule has 0 bridgehead atoms. The Labute approximate surface area is 156 Å². The Balaban J connectivity index is 2.10. The van der Waals surface area contributed by atoms with Crippen molar-refractivity contribution in [1.82, 2.24) is 0 Å². The van der Waals surface area contributed by atoms with Crippen molar-refractivity contribution in [2.75, 3.05) is 38.5 Å². The summed E-state index contributed by atoms with van der Waals surface area (Å²) in [6, 6.07) is 9.82. The first-order chi connectivity index (χ1) is 12.5. The van der Waals surface area contributed by atoms with Crippen LogP contribution in [0.4, 0.5) is 11.4 Å². The van der Waals surface area contributed by atoms with E-state index in [0.29, 0.717) is 27.9 Å². The molecule has 0 radical (unpaired) electrons. The Morgan fingerprint density at radius 2 is 1.69 bits per heavy atom. The van der Waals surface area contributed by atoms with E-state index in [0.717, 1.165) is 0 Å². The van der Waals surface area contributed by atoms with Crippen molar-refractivity contribution in [1.29, 1.82) is 0 Å². The van der Waals surface area contributed by atoms with Gasteiger partial charge in [0, 0.05) is 12.1 Å². The maximum atomic E-state index is 12.2. The zero-order valence-corrected chi connectivity index (χ0v) is 15.3. The van der Waals surface area contributed by atoms with Gasteiger partial charge in [-0.25, -0.2) is 4.79 Å². The smallest absolute Gasteiger partial charge is 0.339 e. The largest absolute Gasteiger partial charge is 0.495 e.